The zero-order chi connectivity index (χ0) is 25.4. The van der Waals surface area contributed by atoms with E-state index in [0.29, 0.717) is 13.0 Å². The second-order valence-corrected chi connectivity index (χ2v) is 9.57. The first kappa shape index (κ1) is 26.3. The number of fused-ring (bicyclic) bond motifs is 3. The predicted octanol–water partition coefficient (Wildman–Crippen LogP) is 4.95. The van der Waals surface area contributed by atoms with Gasteiger partial charge in [-0.3, -0.25) is 9.59 Å². The first-order valence-corrected chi connectivity index (χ1v) is 12.4. The molecule has 3 N–H and O–H groups in total. The van der Waals surface area contributed by atoms with Crippen molar-refractivity contribution >= 4 is 18.0 Å². The van der Waals surface area contributed by atoms with Crippen LogP contribution in [-0.4, -0.2) is 42.3 Å². The molecule has 0 bridgehead atoms. The smallest absolute Gasteiger partial charge is 0.407 e. The highest BCUT2D eigenvalue weighted by Crippen LogP contribution is 2.44. The van der Waals surface area contributed by atoms with Gasteiger partial charge in [-0.05, 0) is 40.5 Å². The van der Waals surface area contributed by atoms with E-state index in [2.05, 4.69) is 34.9 Å². The Morgan fingerprint density at radius 3 is 2.11 bits per heavy atom. The van der Waals surface area contributed by atoms with Crippen molar-refractivity contribution in [3.8, 4) is 11.1 Å². The third-order valence-corrected chi connectivity index (χ3v) is 6.67. The van der Waals surface area contributed by atoms with Gasteiger partial charge in [-0.2, -0.15) is 0 Å². The van der Waals surface area contributed by atoms with Gasteiger partial charge in [-0.25, -0.2) is 4.79 Å². The second-order valence-electron chi connectivity index (χ2n) is 9.57. The average Bonchev–Trinajstić information content (AvgIpc) is 3.13. The highest BCUT2D eigenvalue weighted by molar-refractivity contribution is 5.79. The number of hydrogen-bond acceptors (Lipinski definition) is 4. The Hall–Kier alpha value is -3.35. The quantitative estimate of drug-likeness (QED) is 0.399. The number of carboxylic acid groups (broad SMARTS) is 1. The van der Waals surface area contributed by atoms with Gasteiger partial charge in [0.15, 0.2) is 0 Å². The Morgan fingerprint density at radius 1 is 0.971 bits per heavy atom. The van der Waals surface area contributed by atoms with Crippen molar-refractivity contribution in [3.63, 3.8) is 0 Å². The fourth-order valence-electron chi connectivity index (χ4n) is 4.72. The lowest BCUT2D eigenvalue weighted by Gasteiger charge is -2.23. The minimum atomic E-state index is -0.930. The maximum atomic E-state index is 12.6. The SMILES string of the molecule is CCCC(CC(=O)O)NC(=O)CC(CNC(=O)OCC1c2ccccc2-c2ccccc21)C(C)C. The van der Waals surface area contributed by atoms with Crippen molar-refractivity contribution in [1.29, 1.82) is 0 Å². The fraction of sp³-hybridized carbons (Fsp3) is 0.464. The molecular formula is C28H36N2O5. The number of carboxylic acids is 1. The van der Waals surface area contributed by atoms with Crippen LogP contribution in [0.5, 0.6) is 0 Å². The molecule has 7 nitrogen and oxygen atoms in total. The van der Waals surface area contributed by atoms with Gasteiger partial charge >= 0.3 is 12.1 Å². The lowest BCUT2D eigenvalue weighted by molar-refractivity contribution is -0.137. The molecule has 188 valence electrons. The maximum Gasteiger partial charge on any atom is 0.407 e. The molecule has 0 spiro atoms. The number of benzene rings is 2. The summed E-state index contributed by atoms with van der Waals surface area (Å²) in [5.74, 6) is -1.08. The normalized spacial score (nSPS) is 14.1. The summed E-state index contributed by atoms with van der Waals surface area (Å²) in [5.41, 5.74) is 4.65. The molecule has 0 heterocycles. The first-order chi connectivity index (χ1) is 16.8. The molecule has 0 saturated heterocycles. The molecule has 2 aromatic rings. The van der Waals surface area contributed by atoms with Crippen LogP contribution >= 0.6 is 0 Å². The molecule has 1 aliphatic carbocycles. The molecule has 0 saturated carbocycles. The lowest BCUT2D eigenvalue weighted by Crippen LogP contribution is -2.40. The highest BCUT2D eigenvalue weighted by atomic mass is 16.5. The summed E-state index contributed by atoms with van der Waals surface area (Å²) >= 11 is 0. The molecule has 35 heavy (non-hydrogen) atoms. The third-order valence-electron chi connectivity index (χ3n) is 6.67. The maximum absolute atomic E-state index is 12.6. The van der Waals surface area contributed by atoms with Crippen molar-refractivity contribution < 1.29 is 24.2 Å². The van der Waals surface area contributed by atoms with Gasteiger partial charge in [0.2, 0.25) is 5.91 Å². The van der Waals surface area contributed by atoms with Crippen LogP contribution in [0.15, 0.2) is 48.5 Å². The molecule has 3 rings (SSSR count). The summed E-state index contributed by atoms with van der Waals surface area (Å²) in [7, 11) is 0. The molecule has 2 unspecified atom stereocenters. The van der Waals surface area contributed by atoms with Gasteiger partial charge in [0.05, 0.1) is 6.42 Å². The van der Waals surface area contributed by atoms with E-state index in [1.807, 2.05) is 45.0 Å². The van der Waals surface area contributed by atoms with Crippen LogP contribution in [-0.2, 0) is 14.3 Å². The Labute approximate surface area is 207 Å². The van der Waals surface area contributed by atoms with E-state index in [-0.39, 0.29) is 49.2 Å². The van der Waals surface area contributed by atoms with Gasteiger partial charge in [-0.1, -0.05) is 75.7 Å². The van der Waals surface area contributed by atoms with Gasteiger partial charge < -0.3 is 20.5 Å². The number of amides is 2. The Kier molecular flexibility index (Phi) is 9.29. The molecule has 2 aromatic carbocycles. The summed E-state index contributed by atoms with van der Waals surface area (Å²) in [6, 6.07) is 16.0. The van der Waals surface area contributed by atoms with E-state index in [4.69, 9.17) is 9.84 Å². The molecule has 0 radical (unpaired) electrons. The van der Waals surface area contributed by atoms with E-state index in [1.54, 1.807) is 0 Å². The molecule has 0 aromatic heterocycles. The average molecular weight is 481 g/mol. The van der Waals surface area contributed by atoms with Crippen LogP contribution in [0.2, 0.25) is 0 Å². The van der Waals surface area contributed by atoms with Crippen molar-refractivity contribution in [2.45, 2.75) is 58.4 Å². The number of rotatable bonds is 12. The van der Waals surface area contributed by atoms with E-state index < -0.39 is 12.1 Å². The molecule has 2 atom stereocenters. The van der Waals surface area contributed by atoms with Crippen LogP contribution in [0.25, 0.3) is 11.1 Å². The Bertz CT molecular complexity index is 990. The van der Waals surface area contributed by atoms with E-state index in [1.165, 1.54) is 11.1 Å². The number of nitrogens with one attached hydrogen (secondary N) is 2. The number of alkyl carbamates (subject to hydrolysis) is 1. The van der Waals surface area contributed by atoms with Gasteiger partial charge in [0.25, 0.3) is 0 Å². The van der Waals surface area contributed by atoms with E-state index in [9.17, 15) is 14.4 Å². The summed E-state index contributed by atoms with van der Waals surface area (Å²) in [6.45, 7) is 6.49. The minimum absolute atomic E-state index is 0.00967. The van der Waals surface area contributed by atoms with Crippen LogP contribution < -0.4 is 10.6 Å². The largest absolute Gasteiger partial charge is 0.481 e. The summed E-state index contributed by atoms with van der Waals surface area (Å²) < 4.78 is 5.60. The molecule has 2 amide bonds. The highest BCUT2D eigenvalue weighted by Gasteiger charge is 2.29. The number of carbonyl (C=O) groups excluding carboxylic acids is 2. The third kappa shape index (κ3) is 7.07. The minimum Gasteiger partial charge on any atom is -0.481 e. The monoisotopic (exact) mass is 480 g/mol. The Morgan fingerprint density at radius 2 is 1.57 bits per heavy atom. The molecular weight excluding hydrogens is 444 g/mol. The fourth-order valence-corrected chi connectivity index (χ4v) is 4.72. The van der Waals surface area contributed by atoms with Crippen LogP contribution in [0.1, 0.15) is 63.5 Å². The summed E-state index contributed by atoms with van der Waals surface area (Å²) in [6.07, 6.45) is 1.01. The van der Waals surface area contributed by atoms with E-state index >= 15 is 0 Å². The first-order valence-electron chi connectivity index (χ1n) is 12.4. The number of hydrogen-bond donors (Lipinski definition) is 3. The molecule has 1 aliphatic rings. The number of ether oxygens (including phenoxy) is 1. The second kappa shape index (κ2) is 12.4. The lowest BCUT2D eigenvalue weighted by atomic mass is 9.92. The summed E-state index contributed by atoms with van der Waals surface area (Å²) in [4.78, 5) is 36.1. The number of aliphatic carboxylic acids is 1. The standard InChI is InChI=1S/C28H36N2O5/c1-4-9-20(15-27(32)33)30-26(31)14-19(18(2)3)16-29-28(34)35-17-25-23-12-7-5-10-21(23)22-11-6-8-13-24(22)25/h5-8,10-13,18-20,25H,4,9,14-17H2,1-3H3,(H,29,34)(H,30,31)(H,32,33). The number of carbonyl (C=O) groups is 3. The molecule has 7 heteroatoms. The topological polar surface area (TPSA) is 105 Å². The zero-order valence-corrected chi connectivity index (χ0v) is 20.8. The van der Waals surface area contributed by atoms with Crippen LogP contribution in [0, 0.1) is 11.8 Å². The zero-order valence-electron chi connectivity index (χ0n) is 20.8. The van der Waals surface area contributed by atoms with Crippen molar-refractivity contribution in [1.82, 2.24) is 10.6 Å². The van der Waals surface area contributed by atoms with Crippen molar-refractivity contribution in [3.05, 3.63) is 59.7 Å². The summed E-state index contributed by atoms with van der Waals surface area (Å²) in [5, 5.41) is 14.7. The van der Waals surface area contributed by atoms with E-state index in [0.717, 1.165) is 17.5 Å². The predicted molar refractivity (Wildman–Crippen MR) is 135 cm³/mol. The van der Waals surface area contributed by atoms with Gasteiger partial charge in [0, 0.05) is 24.9 Å². The van der Waals surface area contributed by atoms with Gasteiger partial charge in [0.1, 0.15) is 6.61 Å². The molecule has 0 fully saturated rings. The van der Waals surface area contributed by atoms with Crippen molar-refractivity contribution in [2.24, 2.45) is 11.8 Å². The van der Waals surface area contributed by atoms with Crippen LogP contribution in [0.3, 0.4) is 0 Å². The van der Waals surface area contributed by atoms with Crippen molar-refractivity contribution in [2.75, 3.05) is 13.2 Å². The van der Waals surface area contributed by atoms with Crippen LogP contribution in [0.4, 0.5) is 4.79 Å². The Balaban J connectivity index is 1.52. The van der Waals surface area contributed by atoms with Gasteiger partial charge in [-0.15, -0.1) is 0 Å². The molecule has 0 aliphatic heterocycles.